The zero-order valence-corrected chi connectivity index (χ0v) is 24.0. The lowest BCUT2D eigenvalue weighted by Gasteiger charge is -2.39. The van der Waals surface area contributed by atoms with Crippen LogP contribution in [0.4, 0.5) is 15.9 Å². The van der Waals surface area contributed by atoms with Gasteiger partial charge in [-0.2, -0.15) is 5.26 Å². The number of ether oxygens (including phenoxy) is 1. The number of thiocarbonyl (C=S) groups is 1. The first kappa shape index (κ1) is 28.8. The van der Waals surface area contributed by atoms with Crippen LogP contribution in [0.2, 0.25) is 0 Å². The molecule has 0 N–H and O–H groups in total. The van der Waals surface area contributed by atoms with Gasteiger partial charge in [0.2, 0.25) is 0 Å². The predicted octanol–water partition coefficient (Wildman–Crippen LogP) is 4.14. The van der Waals surface area contributed by atoms with E-state index in [0.717, 1.165) is 12.8 Å². The molecule has 39 heavy (non-hydrogen) atoms. The molecule has 2 aromatic rings. The number of para-hydroxylation sites is 1. The molecule has 8 nitrogen and oxygen atoms in total. The summed E-state index contributed by atoms with van der Waals surface area (Å²) in [4.78, 5) is 32.8. The van der Waals surface area contributed by atoms with E-state index < -0.39 is 0 Å². The van der Waals surface area contributed by atoms with Crippen LogP contribution in [0.25, 0.3) is 6.08 Å². The van der Waals surface area contributed by atoms with E-state index in [2.05, 4.69) is 11.0 Å². The Balaban J connectivity index is 1.78. The third-order valence-corrected chi connectivity index (χ3v) is 8.40. The number of anilines is 2. The van der Waals surface area contributed by atoms with Crippen LogP contribution in [0.15, 0.2) is 34.0 Å². The van der Waals surface area contributed by atoms with Crippen LogP contribution in [-0.2, 0) is 16.1 Å². The van der Waals surface area contributed by atoms with Gasteiger partial charge in [0.05, 0.1) is 23.7 Å². The minimum Gasteiger partial charge on any atom is -0.383 e. The van der Waals surface area contributed by atoms with Gasteiger partial charge in [-0.05, 0) is 37.1 Å². The van der Waals surface area contributed by atoms with E-state index in [4.69, 9.17) is 17.0 Å². The molecule has 0 radical (unpaired) electrons. The normalized spacial score (nSPS) is 16.9. The molecule has 2 fully saturated rings. The molecule has 4 rings (SSSR count). The summed E-state index contributed by atoms with van der Waals surface area (Å²) in [6.07, 6.45) is 3.40. The summed E-state index contributed by atoms with van der Waals surface area (Å²) in [5.74, 6) is 0.193. The van der Waals surface area contributed by atoms with Crippen molar-refractivity contribution in [3.8, 4) is 6.07 Å². The monoisotopic (exact) mass is 569 g/mol. The molecule has 2 saturated heterocycles. The predicted molar refractivity (Wildman–Crippen MR) is 158 cm³/mol. The Hall–Kier alpha value is -3.20. The number of benzene rings is 1. The number of halogens is 1. The first-order valence-electron chi connectivity index (χ1n) is 13.0. The number of carbonyl (C=O) groups is 1. The number of carbonyl (C=O) groups excluding carboxylic acids is 1. The maximum atomic E-state index is 14.5. The Kier molecular flexibility index (Phi) is 9.43. The van der Waals surface area contributed by atoms with Crippen LogP contribution in [0.3, 0.4) is 0 Å². The van der Waals surface area contributed by atoms with E-state index in [1.807, 2.05) is 17.9 Å². The van der Waals surface area contributed by atoms with Crippen LogP contribution >= 0.6 is 24.0 Å². The topological polar surface area (TPSA) is 81.8 Å². The molecule has 0 unspecified atom stereocenters. The molecule has 0 atom stereocenters. The quantitative estimate of drug-likeness (QED) is 0.329. The largest absolute Gasteiger partial charge is 0.383 e. The number of aromatic nitrogens is 1. The number of amides is 1. The summed E-state index contributed by atoms with van der Waals surface area (Å²) in [5.41, 5.74) is 1.48. The van der Waals surface area contributed by atoms with Gasteiger partial charge in [-0.25, -0.2) is 4.39 Å². The van der Waals surface area contributed by atoms with E-state index in [-0.39, 0.29) is 22.8 Å². The third kappa shape index (κ3) is 5.88. The van der Waals surface area contributed by atoms with Crippen molar-refractivity contribution in [2.75, 3.05) is 56.2 Å². The summed E-state index contributed by atoms with van der Waals surface area (Å²) >= 11 is 6.66. The number of hydrogen-bond donors (Lipinski definition) is 0. The number of methoxy groups -OCH3 is 1. The molecule has 206 valence electrons. The lowest BCUT2D eigenvalue weighted by Crippen LogP contribution is -2.49. The molecule has 1 amide bonds. The Morgan fingerprint density at radius 1 is 1.15 bits per heavy atom. The van der Waals surface area contributed by atoms with Crippen LogP contribution in [0, 0.1) is 24.1 Å². The van der Waals surface area contributed by atoms with E-state index in [1.54, 1.807) is 36.8 Å². The lowest BCUT2D eigenvalue weighted by molar-refractivity contribution is -0.122. The van der Waals surface area contributed by atoms with Crippen molar-refractivity contribution in [3.05, 3.63) is 62.0 Å². The minimum absolute atomic E-state index is 0.0703. The Morgan fingerprint density at radius 2 is 1.85 bits per heavy atom. The van der Waals surface area contributed by atoms with Crippen molar-refractivity contribution in [2.45, 2.75) is 33.2 Å². The number of piperazine rings is 1. The average Bonchev–Trinajstić information content (AvgIpc) is 3.20. The van der Waals surface area contributed by atoms with Gasteiger partial charge in [0.1, 0.15) is 27.6 Å². The fraction of sp³-hybridized carbons (Fsp3) is 0.429. The number of unbranched alkanes of at least 4 members (excludes halogenated alkanes) is 1. The maximum absolute atomic E-state index is 14.5. The van der Waals surface area contributed by atoms with Gasteiger partial charge in [0.15, 0.2) is 0 Å². The Bertz CT molecular complexity index is 1390. The zero-order valence-electron chi connectivity index (χ0n) is 22.4. The van der Waals surface area contributed by atoms with E-state index in [9.17, 15) is 19.2 Å². The highest BCUT2D eigenvalue weighted by Crippen LogP contribution is 2.36. The van der Waals surface area contributed by atoms with Crippen molar-refractivity contribution in [3.63, 3.8) is 0 Å². The second-order valence-electron chi connectivity index (χ2n) is 9.41. The number of hydrogen-bond acceptors (Lipinski definition) is 8. The SMILES string of the molecule is CCCCn1c(N2CCN(c3ccccc3F)CC2)c(C=C2SC(=S)N(CCOC)C2=O)c(C)c(C#N)c1=O. The highest BCUT2D eigenvalue weighted by atomic mass is 32.2. The van der Waals surface area contributed by atoms with Gasteiger partial charge < -0.3 is 14.5 Å². The highest BCUT2D eigenvalue weighted by molar-refractivity contribution is 8.26. The van der Waals surface area contributed by atoms with Gasteiger partial charge in [0, 0.05) is 45.4 Å². The van der Waals surface area contributed by atoms with Crippen molar-refractivity contribution in [1.82, 2.24) is 9.47 Å². The molecule has 0 bridgehead atoms. The number of pyridine rings is 1. The number of nitriles is 1. The molecule has 0 saturated carbocycles. The van der Waals surface area contributed by atoms with Crippen LogP contribution in [0.5, 0.6) is 0 Å². The zero-order chi connectivity index (χ0) is 28.1. The molecule has 2 aliphatic rings. The molecule has 1 aromatic heterocycles. The van der Waals surface area contributed by atoms with Gasteiger partial charge in [-0.1, -0.05) is 49.5 Å². The standard InChI is InChI=1S/C28H32FN5O3S2/c1-4-5-10-33-25(32-13-11-31(12-14-32)23-9-7-6-8-22(23)29)20(19(2)21(18-30)26(33)35)17-24-27(36)34(15-16-37-3)28(38)39-24/h6-9,17H,4-5,10-16H2,1-3H3. The average molecular weight is 570 g/mol. The summed E-state index contributed by atoms with van der Waals surface area (Å²) in [6.45, 7) is 7.15. The maximum Gasteiger partial charge on any atom is 0.270 e. The van der Waals surface area contributed by atoms with E-state index in [0.29, 0.717) is 77.7 Å². The molecular weight excluding hydrogens is 537 g/mol. The number of rotatable bonds is 9. The third-order valence-electron chi connectivity index (χ3n) is 7.02. The van der Waals surface area contributed by atoms with Crippen molar-refractivity contribution in [2.24, 2.45) is 0 Å². The van der Waals surface area contributed by atoms with Crippen LogP contribution < -0.4 is 15.4 Å². The van der Waals surface area contributed by atoms with Gasteiger partial charge in [-0.15, -0.1) is 0 Å². The number of nitrogens with zero attached hydrogens (tertiary/aromatic N) is 5. The minimum atomic E-state index is -0.334. The van der Waals surface area contributed by atoms with E-state index in [1.165, 1.54) is 22.7 Å². The molecule has 3 heterocycles. The second kappa shape index (κ2) is 12.8. The summed E-state index contributed by atoms with van der Waals surface area (Å²) in [6, 6.07) is 8.80. The molecule has 2 aliphatic heterocycles. The van der Waals surface area contributed by atoms with Crippen LogP contribution in [-0.4, -0.2) is 66.1 Å². The van der Waals surface area contributed by atoms with E-state index >= 15 is 0 Å². The fourth-order valence-electron chi connectivity index (χ4n) is 4.88. The Morgan fingerprint density at radius 3 is 2.49 bits per heavy atom. The van der Waals surface area contributed by atoms with Gasteiger partial charge >= 0.3 is 0 Å². The molecule has 0 aliphatic carbocycles. The second-order valence-corrected chi connectivity index (χ2v) is 11.1. The summed E-state index contributed by atoms with van der Waals surface area (Å²) in [5, 5.41) is 9.90. The molecule has 1 aromatic carbocycles. The smallest absolute Gasteiger partial charge is 0.270 e. The first-order chi connectivity index (χ1) is 18.8. The highest BCUT2D eigenvalue weighted by Gasteiger charge is 2.33. The number of thioether (sulfide) groups is 1. The van der Waals surface area contributed by atoms with Gasteiger partial charge in [-0.3, -0.25) is 19.1 Å². The first-order valence-corrected chi connectivity index (χ1v) is 14.2. The van der Waals surface area contributed by atoms with Gasteiger partial charge in [0.25, 0.3) is 11.5 Å². The fourth-order valence-corrected chi connectivity index (χ4v) is 6.17. The lowest BCUT2D eigenvalue weighted by atomic mass is 10.0. The van der Waals surface area contributed by atoms with Crippen molar-refractivity contribution < 1.29 is 13.9 Å². The van der Waals surface area contributed by atoms with Crippen molar-refractivity contribution >= 4 is 51.8 Å². The molecular formula is C28H32FN5O3S2. The summed E-state index contributed by atoms with van der Waals surface area (Å²) in [7, 11) is 1.57. The summed E-state index contributed by atoms with van der Waals surface area (Å²) < 4.78 is 21.7. The van der Waals surface area contributed by atoms with Crippen molar-refractivity contribution in [1.29, 1.82) is 5.26 Å². The van der Waals surface area contributed by atoms with Crippen LogP contribution in [0.1, 0.15) is 36.5 Å². The Labute approximate surface area is 237 Å². The molecule has 11 heteroatoms. The molecule has 0 spiro atoms.